The molecule has 0 aliphatic carbocycles. The monoisotopic (exact) mass is 288 g/mol. The Morgan fingerprint density at radius 1 is 1.47 bits per heavy atom. The third-order valence-electron chi connectivity index (χ3n) is 3.20. The summed E-state index contributed by atoms with van der Waals surface area (Å²) in [6.45, 7) is 7.17. The van der Waals surface area contributed by atoms with Crippen LogP contribution in [0.2, 0.25) is 0 Å². The molecule has 0 aromatic rings. The maximum atomic E-state index is 12.1. The lowest BCUT2D eigenvalue weighted by Gasteiger charge is -2.31. The van der Waals surface area contributed by atoms with Gasteiger partial charge in [-0.25, -0.2) is 4.79 Å². The first-order valence-electron chi connectivity index (χ1n) is 6.11. The fourth-order valence-corrected chi connectivity index (χ4v) is 3.18. The van der Waals surface area contributed by atoms with Crippen molar-refractivity contribution in [2.75, 3.05) is 5.75 Å². The molecule has 1 heterocycles. The summed E-state index contributed by atoms with van der Waals surface area (Å²) in [4.78, 5) is 35.3. The second kappa shape index (κ2) is 5.81. The minimum atomic E-state index is -1.06. The van der Waals surface area contributed by atoms with Crippen LogP contribution in [0.15, 0.2) is 0 Å². The van der Waals surface area contributed by atoms with Crippen LogP contribution < -0.4 is 5.32 Å². The molecule has 7 heteroatoms. The van der Waals surface area contributed by atoms with Gasteiger partial charge in [0.25, 0.3) is 0 Å². The molecule has 0 radical (unpaired) electrons. The highest BCUT2D eigenvalue weighted by Gasteiger charge is 2.43. The Morgan fingerprint density at radius 2 is 2.05 bits per heavy atom. The highest BCUT2D eigenvalue weighted by Crippen LogP contribution is 2.37. The molecule has 108 valence electrons. The van der Waals surface area contributed by atoms with E-state index in [1.54, 1.807) is 13.8 Å². The van der Waals surface area contributed by atoms with Crippen LogP contribution in [0, 0.1) is 5.92 Å². The molecule has 1 aliphatic heterocycles. The zero-order valence-electron chi connectivity index (χ0n) is 11.5. The minimum Gasteiger partial charge on any atom is -0.480 e. The van der Waals surface area contributed by atoms with Crippen LogP contribution in [0.4, 0.5) is 0 Å². The molecule has 1 aliphatic rings. The predicted molar refractivity (Wildman–Crippen MR) is 72.6 cm³/mol. The Labute approximate surface area is 116 Å². The van der Waals surface area contributed by atoms with Crippen molar-refractivity contribution in [2.24, 2.45) is 5.92 Å². The Bertz CT molecular complexity index is 384. The van der Waals surface area contributed by atoms with Gasteiger partial charge in [0.1, 0.15) is 12.1 Å². The Kier molecular flexibility index (Phi) is 4.84. The summed E-state index contributed by atoms with van der Waals surface area (Å²) in [7, 11) is 0. The van der Waals surface area contributed by atoms with Gasteiger partial charge in [0.2, 0.25) is 12.3 Å². The minimum absolute atomic E-state index is 0.215. The molecule has 0 aromatic carbocycles. The summed E-state index contributed by atoms with van der Waals surface area (Å²) >= 11 is 1.50. The topological polar surface area (TPSA) is 86.7 Å². The predicted octanol–water partition coefficient (Wildman–Crippen LogP) is 0.522. The first-order chi connectivity index (χ1) is 8.70. The van der Waals surface area contributed by atoms with Crippen molar-refractivity contribution < 1.29 is 19.5 Å². The first-order valence-corrected chi connectivity index (χ1v) is 7.10. The Hall–Kier alpha value is -1.24. The molecule has 0 unspecified atom stereocenters. The van der Waals surface area contributed by atoms with Gasteiger partial charge in [-0.2, -0.15) is 0 Å². The van der Waals surface area contributed by atoms with Crippen molar-refractivity contribution in [3.05, 3.63) is 0 Å². The van der Waals surface area contributed by atoms with E-state index >= 15 is 0 Å². The van der Waals surface area contributed by atoms with Gasteiger partial charge in [-0.15, -0.1) is 11.8 Å². The molecule has 2 amide bonds. The van der Waals surface area contributed by atoms with Crippen LogP contribution in [0.25, 0.3) is 0 Å². The van der Waals surface area contributed by atoms with Crippen LogP contribution >= 0.6 is 11.8 Å². The fourth-order valence-electron chi connectivity index (χ4n) is 1.98. The lowest BCUT2D eigenvalue weighted by atomic mass is 10.0. The molecule has 0 aromatic heterocycles. The molecule has 0 bridgehead atoms. The average Bonchev–Trinajstić information content (AvgIpc) is 2.59. The molecule has 1 fully saturated rings. The number of amides is 2. The van der Waals surface area contributed by atoms with Crippen molar-refractivity contribution in [1.29, 1.82) is 0 Å². The normalized spacial score (nSPS) is 23.2. The van der Waals surface area contributed by atoms with Gasteiger partial charge in [0, 0.05) is 5.75 Å². The van der Waals surface area contributed by atoms with Crippen molar-refractivity contribution in [3.8, 4) is 0 Å². The maximum absolute atomic E-state index is 12.1. The summed E-state index contributed by atoms with van der Waals surface area (Å²) in [5.74, 6) is -1.22. The highest BCUT2D eigenvalue weighted by atomic mass is 32.2. The average molecular weight is 288 g/mol. The standard InChI is InChI=1S/C12H20N2O4S/c1-7(2)9(11(17)18)13-10(16)8-5-19-12(3,4)14(8)6-15/h6-9H,5H2,1-4H3,(H,13,16)(H,17,18)/t8-,9+/m1/s1. The van der Waals surface area contributed by atoms with Gasteiger partial charge in [0.15, 0.2) is 0 Å². The lowest BCUT2D eigenvalue weighted by Crippen LogP contribution is -2.54. The number of carbonyl (C=O) groups excluding carboxylic acids is 2. The van der Waals surface area contributed by atoms with Gasteiger partial charge < -0.3 is 15.3 Å². The number of carboxylic acid groups (broad SMARTS) is 1. The summed E-state index contributed by atoms with van der Waals surface area (Å²) in [5.41, 5.74) is 0. The van der Waals surface area contributed by atoms with Crippen LogP contribution in [0.3, 0.4) is 0 Å². The zero-order chi connectivity index (χ0) is 14.8. The number of nitrogens with one attached hydrogen (secondary N) is 1. The number of nitrogens with zero attached hydrogens (tertiary/aromatic N) is 1. The number of hydrogen-bond donors (Lipinski definition) is 2. The van der Waals surface area contributed by atoms with E-state index in [4.69, 9.17) is 5.11 Å². The van der Waals surface area contributed by atoms with E-state index in [0.717, 1.165) is 0 Å². The van der Waals surface area contributed by atoms with Crippen molar-refractivity contribution in [3.63, 3.8) is 0 Å². The smallest absolute Gasteiger partial charge is 0.326 e. The van der Waals surface area contributed by atoms with E-state index in [1.165, 1.54) is 16.7 Å². The number of thioether (sulfide) groups is 1. The fraction of sp³-hybridized carbons (Fsp3) is 0.750. The molecule has 0 spiro atoms. The van der Waals surface area contributed by atoms with E-state index in [1.807, 2.05) is 13.8 Å². The van der Waals surface area contributed by atoms with Crippen LogP contribution in [-0.4, -0.2) is 51.0 Å². The van der Waals surface area contributed by atoms with E-state index in [0.29, 0.717) is 12.2 Å². The maximum Gasteiger partial charge on any atom is 0.326 e. The first kappa shape index (κ1) is 15.8. The molecule has 6 nitrogen and oxygen atoms in total. The number of hydrogen-bond acceptors (Lipinski definition) is 4. The third-order valence-corrected chi connectivity index (χ3v) is 4.60. The summed E-state index contributed by atoms with van der Waals surface area (Å²) in [6, 6.07) is -1.55. The molecule has 19 heavy (non-hydrogen) atoms. The second-order valence-corrected chi connectivity index (χ2v) is 6.98. The molecular weight excluding hydrogens is 268 g/mol. The molecule has 0 saturated carbocycles. The van der Waals surface area contributed by atoms with Gasteiger partial charge >= 0.3 is 5.97 Å². The lowest BCUT2D eigenvalue weighted by molar-refractivity contribution is -0.144. The van der Waals surface area contributed by atoms with E-state index in [-0.39, 0.29) is 5.92 Å². The molecule has 1 rings (SSSR count). The van der Waals surface area contributed by atoms with Crippen molar-refractivity contribution >= 4 is 30.0 Å². The van der Waals surface area contributed by atoms with E-state index < -0.39 is 28.8 Å². The molecule has 2 atom stereocenters. The van der Waals surface area contributed by atoms with Gasteiger partial charge in [-0.1, -0.05) is 13.8 Å². The van der Waals surface area contributed by atoms with Gasteiger partial charge in [-0.05, 0) is 19.8 Å². The zero-order valence-corrected chi connectivity index (χ0v) is 12.4. The molecule has 2 N–H and O–H groups in total. The molecule has 1 saturated heterocycles. The number of carbonyl (C=O) groups is 3. The summed E-state index contributed by atoms with van der Waals surface area (Å²) in [6.07, 6.45) is 0.648. The van der Waals surface area contributed by atoms with Crippen LogP contribution in [0.1, 0.15) is 27.7 Å². The second-order valence-electron chi connectivity index (χ2n) is 5.35. The summed E-state index contributed by atoms with van der Waals surface area (Å²) in [5, 5.41) is 11.6. The van der Waals surface area contributed by atoms with Gasteiger partial charge in [0.05, 0.1) is 4.87 Å². The summed E-state index contributed by atoms with van der Waals surface area (Å²) < 4.78 is 0. The van der Waals surface area contributed by atoms with E-state index in [9.17, 15) is 14.4 Å². The van der Waals surface area contributed by atoms with Crippen molar-refractivity contribution in [2.45, 2.75) is 44.6 Å². The Balaban J connectivity index is 2.78. The number of carboxylic acids is 1. The van der Waals surface area contributed by atoms with Crippen LogP contribution in [0.5, 0.6) is 0 Å². The van der Waals surface area contributed by atoms with E-state index in [2.05, 4.69) is 5.32 Å². The Morgan fingerprint density at radius 3 is 2.47 bits per heavy atom. The van der Waals surface area contributed by atoms with Crippen molar-refractivity contribution in [1.82, 2.24) is 10.2 Å². The number of aliphatic carboxylic acids is 1. The van der Waals surface area contributed by atoms with Gasteiger partial charge in [-0.3, -0.25) is 9.59 Å². The SMILES string of the molecule is CC(C)[C@H](NC(=O)[C@H]1CSC(C)(C)N1C=O)C(=O)O. The largest absolute Gasteiger partial charge is 0.480 e. The highest BCUT2D eigenvalue weighted by molar-refractivity contribution is 8.00. The van der Waals surface area contributed by atoms with Crippen LogP contribution in [-0.2, 0) is 14.4 Å². The third kappa shape index (κ3) is 3.40. The number of rotatable bonds is 5. The quantitative estimate of drug-likeness (QED) is 0.720. The molecular formula is C12H20N2O4S.